The Balaban J connectivity index is 3.89. The zero-order valence-electron chi connectivity index (χ0n) is 4.51. The van der Waals surface area contributed by atoms with Crippen LogP contribution in [0.25, 0.3) is 0 Å². The summed E-state index contributed by atoms with van der Waals surface area (Å²) in [5.74, 6) is 4.49. The molecule has 0 aliphatic heterocycles. The third kappa shape index (κ3) is 5.47. The fourth-order valence-electron chi connectivity index (χ4n) is 0.173. The van der Waals surface area contributed by atoms with Crippen LogP contribution in [0.2, 0.25) is 0 Å². The van der Waals surface area contributed by atoms with Gasteiger partial charge in [-0.2, -0.15) is 0 Å². The van der Waals surface area contributed by atoms with Crippen molar-refractivity contribution in [2.75, 3.05) is 5.75 Å². The fraction of sp³-hybridized carbons (Fsp3) is 0.500. The smallest absolute Gasteiger partial charge is 0.220 e. The highest BCUT2D eigenvalue weighted by atomic mass is 32.2. The van der Waals surface area contributed by atoms with Crippen molar-refractivity contribution in [1.82, 2.24) is 0 Å². The Morgan fingerprint density at radius 2 is 2.12 bits per heavy atom. The van der Waals surface area contributed by atoms with Crippen molar-refractivity contribution < 1.29 is 8.42 Å². The van der Waals surface area contributed by atoms with Crippen molar-refractivity contribution in [3.8, 4) is 11.8 Å². The minimum atomic E-state index is -3.36. The van der Waals surface area contributed by atoms with E-state index in [4.69, 9.17) is 0 Å². The molecule has 2 N–H and O–H groups in total. The summed E-state index contributed by atoms with van der Waals surface area (Å²) in [5.41, 5.74) is 0. The van der Waals surface area contributed by atoms with Gasteiger partial charge in [-0.25, -0.2) is 13.6 Å². The molecule has 0 fully saturated rings. The monoisotopic (exact) mass is 133 g/mol. The lowest BCUT2D eigenvalue weighted by atomic mass is 10.7. The van der Waals surface area contributed by atoms with Crippen molar-refractivity contribution in [2.24, 2.45) is 5.14 Å². The molecule has 0 aromatic heterocycles. The lowest BCUT2D eigenvalue weighted by Gasteiger charge is -1.82. The third-order valence-corrected chi connectivity index (χ3v) is 0.997. The number of nitrogens with two attached hydrogens (primary N) is 1. The van der Waals surface area contributed by atoms with Crippen LogP contribution in [-0.4, -0.2) is 14.2 Å². The normalized spacial score (nSPS) is 9.75. The molecular weight excluding hydrogens is 126 g/mol. The van der Waals surface area contributed by atoms with Gasteiger partial charge in [-0.15, -0.1) is 5.92 Å². The largest absolute Gasteiger partial charge is 0.228 e. The number of primary sulfonamides is 1. The lowest BCUT2D eigenvalue weighted by molar-refractivity contribution is 0.601. The zero-order chi connectivity index (χ0) is 6.62. The summed E-state index contributed by atoms with van der Waals surface area (Å²) in [5, 5.41) is 4.59. The van der Waals surface area contributed by atoms with E-state index in [1.165, 1.54) is 0 Å². The molecule has 46 valence electrons. The second kappa shape index (κ2) is 2.70. The van der Waals surface area contributed by atoms with Gasteiger partial charge < -0.3 is 0 Å². The van der Waals surface area contributed by atoms with E-state index in [0.717, 1.165) is 0 Å². The lowest BCUT2D eigenvalue weighted by Crippen LogP contribution is -2.14. The summed E-state index contributed by atoms with van der Waals surface area (Å²) in [4.78, 5) is 0. The van der Waals surface area contributed by atoms with E-state index in [1.54, 1.807) is 6.92 Å². The van der Waals surface area contributed by atoms with Crippen LogP contribution in [0, 0.1) is 11.8 Å². The number of hydrogen-bond acceptors (Lipinski definition) is 2. The SMILES string of the molecule is CC#CCS(N)(=O)=O. The Labute approximate surface area is 48.9 Å². The first-order chi connectivity index (χ1) is 3.56. The van der Waals surface area contributed by atoms with Crippen LogP contribution in [-0.2, 0) is 10.0 Å². The van der Waals surface area contributed by atoms with E-state index >= 15 is 0 Å². The van der Waals surface area contributed by atoms with E-state index in [0.29, 0.717) is 0 Å². The first kappa shape index (κ1) is 7.47. The summed E-state index contributed by atoms with van der Waals surface area (Å²) in [7, 11) is -3.36. The molecule has 4 heteroatoms. The fourth-order valence-corrected chi connectivity index (χ4v) is 0.518. The molecule has 8 heavy (non-hydrogen) atoms. The minimum Gasteiger partial charge on any atom is -0.228 e. The molecule has 0 unspecified atom stereocenters. The molecule has 0 spiro atoms. The van der Waals surface area contributed by atoms with Gasteiger partial charge in [0.05, 0.1) is 0 Å². The van der Waals surface area contributed by atoms with Crippen LogP contribution in [0.15, 0.2) is 0 Å². The molecule has 0 radical (unpaired) electrons. The molecular formula is C4H7NO2S. The number of rotatable bonds is 1. The van der Waals surface area contributed by atoms with Gasteiger partial charge in [0, 0.05) is 0 Å². The van der Waals surface area contributed by atoms with Gasteiger partial charge in [0.2, 0.25) is 10.0 Å². The Bertz CT molecular complexity index is 206. The molecule has 0 heterocycles. The molecule has 0 bridgehead atoms. The highest BCUT2D eigenvalue weighted by Crippen LogP contribution is 1.70. The molecule has 0 aromatic rings. The van der Waals surface area contributed by atoms with Crippen LogP contribution in [0.5, 0.6) is 0 Å². The predicted octanol–water partition coefficient (Wildman–Crippen LogP) is -0.702. The molecule has 0 aliphatic rings. The minimum absolute atomic E-state index is 0.247. The van der Waals surface area contributed by atoms with Gasteiger partial charge >= 0.3 is 0 Å². The van der Waals surface area contributed by atoms with Crippen LogP contribution in [0.3, 0.4) is 0 Å². The van der Waals surface area contributed by atoms with E-state index in [-0.39, 0.29) is 5.75 Å². The molecule has 0 aliphatic carbocycles. The highest BCUT2D eigenvalue weighted by Gasteiger charge is 1.94. The van der Waals surface area contributed by atoms with Crippen LogP contribution in [0.4, 0.5) is 0 Å². The first-order valence-electron chi connectivity index (χ1n) is 1.96. The summed E-state index contributed by atoms with van der Waals surface area (Å²) >= 11 is 0. The van der Waals surface area contributed by atoms with Crippen LogP contribution in [0.1, 0.15) is 6.92 Å². The molecule has 0 aromatic carbocycles. The quantitative estimate of drug-likeness (QED) is 0.481. The molecule has 0 saturated heterocycles. The van der Waals surface area contributed by atoms with E-state index in [1.807, 2.05) is 0 Å². The van der Waals surface area contributed by atoms with Gasteiger partial charge in [0.15, 0.2) is 0 Å². The molecule has 0 saturated carbocycles. The summed E-state index contributed by atoms with van der Waals surface area (Å²) in [6.07, 6.45) is 0. The topological polar surface area (TPSA) is 60.2 Å². The molecule has 3 nitrogen and oxygen atoms in total. The van der Waals surface area contributed by atoms with Crippen molar-refractivity contribution in [3.63, 3.8) is 0 Å². The Hall–Kier alpha value is -0.530. The maximum absolute atomic E-state index is 10.1. The van der Waals surface area contributed by atoms with Crippen molar-refractivity contribution >= 4 is 10.0 Å². The van der Waals surface area contributed by atoms with Gasteiger partial charge in [-0.05, 0) is 6.92 Å². The molecule has 0 atom stereocenters. The van der Waals surface area contributed by atoms with Crippen molar-refractivity contribution in [2.45, 2.75) is 6.92 Å². The Morgan fingerprint density at radius 3 is 2.25 bits per heavy atom. The number of hydrogen-bond donors (Lipinski definition) is 1. The molecule has 0 rings (SSSR count). The van der Waals surface area contributed by atoms with Crippen molar-refractivity contribution in [3.05, 3.63) is 0 Å². The maximum atomic E-state index is 10.1. The molecule has 0 amide bonds. The van der Waals surface area contributed by atoms with E-state index in [9.17, 15) is 8.42 Å². The Morgan fingerprint density at radius 1 is 1.62 bits per heavy atom. The average Bonchev–Trinajstić information content (AvgIpc) is 1.59. The average molecular weight is 133 g/mol. The second-order valence-corrected chi connectivity index (χ2v) is 2.85. The highest BCUT2D eigenvalue weighted by molar-refractivity contribution is 7.89. The summed E-state index contributed by atoms with van der Waals surface area (Å²) < 4.78 is 20.1. The number of sulfonamides is 1. The van der Waals surface area contributed by atoms with Gasteiger partial charge in [-0.3, -0.25) is 0 Å². The van der Waals surface area contributed by atoms with Crippen LogP contribution >= 0.6 is 0 Å². The zero-order valence-corrected chi connectivity index (χ0v) is 5.33. The Kier molecular flexibility index (Phi) is 2.52. The second-order valence-electron chi connectivity index (χ2n) is 1.23. The standard InChI is InChI=1S/C4H7NO2S/c1-2-3-4-8(5,6)7/h4H2,1H3,(H2,5,6,7). The van der Waals surface area contributed by atoms with E-state index < -0.39 is 10.0 Å². The predicted molar refractivity (Wildman–Crippen MR) is 31.4 cm³/mol. The van der Waals surface area contributed by atoms with Gasteiger partial charge in [0.25, 0.3) is 0 Å². The van der Waals surface area contributed by atoms with Crippen LogP contribution < -0.4 is 5.14 Å². The summed E-state index contributed by atoms with van der Waals surface area (Å²) in [6, 6.07) is 0. The van der Waals surface area contributed by atoms with Crippen molar-refractivity contribution in [1.29, 1.82) is 0 Å². The van der Waals surface area contributed by atoms with E-state index in [2.05, 4.69) is 17.0 Å². The summed E-state index contributed by atoms with van der Waals surface area (Å²) in [6.45, 7) is 1.56. The van der Waals surface area contributed by atoms with Gasteiger partial charge in [-0.1, -0.05) is 5.92 Å². The van der Waals surface area contributed by atoms with Gasteiger partial charge in [0.1, 0.15) is 5.75 Å². The maximum Gasteiger partial charge on any atom is 0.220 e. The third-order valence-electron chi connectivity index (χ3n) is 0.450. The first-order valence-corrected chi connectivity index (χ1v) is 3.68.